The van der Waals surface area contributed by atoms with Gasteiger partial charge in [0.25, 0.3) is 0 Å². The van der Waals surface area contributed by atoms with Gasteiger partial charge in [0.15, 0.2) is 0 Å². The third-order valence-electron chi connectivity index (χ3n) is 3.16. The van der Waals surface area contributed by atoms with E-state index in [9.17, 15) is 5.11 Å². The van der Waals surface area contributed by atoms with Gasteiger partial charge in [-0.25, -0.2) is 0 Å². The molecule has 3 heteroatoms. The number of anilines is 1. The van der Waals surface area contributed by atoms with Gasteiger partial charge in [0, 0.05) is 35.9 Å². The fourth-order valence-electron chi connectivity index (χ4n) is 2.13. The lowest BCUT2D eigenvalue weighted by Crippen LogP contribution is -2.24. The summed E-state index contributed by atoms with van der Waals surface area (Å²) < 4.78 is 0. The standard InChI is InChI=1S/C13H20N2O/c1-3-15(10-4-5-10)11-6-7-12(9(2)14)13(16)8-11/h6-10,16H,3-5,14H2,1-2H3. The van der Waals surface area contributed by atoms with Gasteiger partial charge < -0.3 is 15.7 Å². The Kier molecular flexibility index (Phi) is 3.06. The highest BCUT2D eigenvalue weighted by atomic mass is 16.3. The second kappa shape index (κ2) is 4.34. The normalized spacial score (nSPS) is 17.2. The van der Waals surface area contributed by atoms with Crippen LogP contribution in [-0.2, 0) is 0 Å². The fourth-order valence-corrected chi connectivity index (χ4v) is 2.13. The molecule has 1 aromatic carbocycles. The SMILES string of the molecule is CCN(c1ccc(C(C)N)c(O)c1)C1CC1. The van der Waals surface area contributed by atoms with Crippen LogP contribution in [0.1, 0.15) is 38.3 Å². The van der Waals surface area contributed by atoms with Crippen LogP contribution in [0.15, 0.2) is 18.2 Å². The molecule has 0 spiro atoms. The van der Waals surface area contributed by atoms with Gasteiger partial charge in [0.05, 0.1) is 0 Å². The summed E-state index contributed by atoms with van der Waals surface area (Å²) in [6.07, 6.45) is 2.54. The van der Waals surface area contributed by atoms with E-state index in [4.69, 9.17) is 5.73 Å². The lowest BCUT2D eigenvalue weighted by Gasteiger charge is -2.23. The van der Waals surface area contributed by atoms with Gasteiger partial charge in [0.2, 0.25) is 0 Å². The molecule has 0 radical (unpaired) electrons. The first-order chi connectivity index (χ1) is 7.63. The van der Waals surface area contributed by atoms with Crippen molar-refractivity contribution in [3.63, 3.8) is 0 Å². The van der Waals surface area contributed by atoms with E-state index in [0.717, 1.165) is 17.8 Å². The Hall–Kier alpha value is -1.22. The van der Waals surface area contributed by atoms with Crippen molar-refractivity contribution in [3.8, 4) is 5.75 Å². The number of nitrogens with two attached hydrogens (primary N) is 1. The monoisotopic (exact) mass is 220 g/mol. The van der Waals surface area contributed by atoms with Crippen LogP contribution in [0, 0.1) is 0 Å². The predicted octanol–water partition coefficient (Wildman–Crippen LogP) is 2.40. The summed E-state index contributed by atoms with van der Waals surface area (Å²) >= 11 is 0. The predicted molar refractivity (Wildman–Crippen MR) is 66.8 cm³/mol. The molecule has 1 aliphatic carbocycles. The van der Waals surface area contributed by atoms with E-state index >= 15 is 0 Å². The molecule has 3 nitrogen and oxygen atoms in total. The summed E-state index contributed by atoms with van der Waals surface area (Å²) in [6.45, 7) is 5.02. The molecule has 3 N–H and O–H groups in total. The molecule has 1 atom stereocenters. The van der Waals surface area contributed by atoms with E-state index in [2.05, 4.69) is 17.9 Å². The highest BCUT2D eigenvalue weighted by molar-refractivity contribution is 5.55. The van der Waals surface area contributed by atoms with Crippen molar-refractivity contribution in [3.05, 3.63) is 23.8 Å². The first kappa shape index (κ1) is 11.3. The second-order valence-electron chi connectivity index (χ2n) is 4.55. The number of nitrogens with zero attached hydrogens (tertiary/aromatic N) is 1. The van der Waals surface area contributed by atoms with Gasteiger partial charge in [-0.1, -0.05) is 6.07 Å². The number of phenols is 1. The summed E-state index contributed by atoms with van der Waals surface area (Å²) in [5.41, 5.74) is 7.69. The van der Waals surface area contributed by atoms with Crippen LogP contribution in [0.2, 0.25) is 0 Å². The topological polar surface area (TPSA) is 49.5 Å². The zero-order chi connectivity index (χ0) is 11.7. The maximum absolute atomic E-state index is 9.90. The Morgan fingerprint density at radius 1 is 1.50 bits per heavy atom. The first-order valence-electron chi connectivity index (χ1n) is 5.98. The molecule has 0 bridgehead atoms. The van der Waals surface area contributed by atoms with E-state index in [1.165, 1.54) is 12.8 Å². The van der Waals surface area contributed by atoms with Crippen LogP contribution in [0.25, 0.3) is 0 Å². The minimum absolute atomic E-state index is 0.120. The smallest absolute Gasteiger partial charge is 0.122 e. The largest absolute Gasteiger partial charge is 0.508 e. The van der Waals surface area contributed by atoms with Gasteiger partial charge >= 0.3 is 0 Å². The molecule has 1 saturated carbocycles. The number of rotatable bonds is 4. The molecular weight excluding hydrogens is 200 g/mol. The molecule has 0 aromatic heterocycles. The van der Waals surface area contributed by atoms with E-state index < -0.39 is 0 Å². The summed E-state index contributed by atoms with van der Waals surface area (Å²) in [6, 6.07) is 6.37. The van der Waals surface area contributed by atoms with Crippen molar-refractivity contribution < 1.29 is 5.11 Å². The van der Waals surface area contributed by atoms with Crippen molar-refractivity contribution in [2.75, 3.05) is 11.4 Å². The third kappa shape index (κ3) is 2.14. The zero-order valence-electron chi connectivity index (χ0n) is 9.98. The van der Waals surface area contributed by atoms with Crippen LogP contribution in [-0.4, -0.2) is 17.7 Å². The number of aromatic hydroxyl groups is 1. The average Bonchev–Trinajstić information content (AvgIpc) is 3.02. The molecule has 0 amide bonds. The summed E-state index contributed by atoms with van der Waals surface area (Å²) in [5, 5.41) is 9.90. The molecule has 1 aromatic rings. The van der Waals surface area contributed by atoms with Crippen molar-refractivity contribution in [1.82, 2.24) is 0 Å². The highest BCUT2D eigenvalue weighted by Gasteiger charge is 2.28. The van der Waals surface area contributed by atoms with Crippen LogP contribution in [0.3, 0.4) is 0 Å². The number of phenolic OH excluding ortho intramolecular Hbond substituents is 1. The van der Waals surface area contributed by atoms with Gasteiger partial charge in [-0.15, -0.1) is 0 Å². The molecule has 1 aliphatic rings. The highest BCUT2D eigenvalue weighted by Crippen LogP contribution is 2.34. The van der Waals surface area contributed by atoms with E-state index in [0.29, 0.717) is 11.8 Å². The molecule has 16 heavy (non-hydrogen) atoms. The summed E-state index contributed by atoms with van der Waals surface area (Å²) in [4.78, 5) is 2.34. The molecule has 88 valence electrons. The van der Waals surface area contributed by atoms with Gasteiger partial charge in [-0.2, -0.15) is 0 Å². The summed E-state index contributed by atoms with van der Waals surface area (Å²) in [5.74, 6) is 0.312. The van der Waals surface area contributed by atoms with Crippen molar-refractivity contribution in [2.24, 2.45) is 5.73 Å². The number of hydrogen-bond acceptors (Lipinski definition) is 3. The van der Waals surface area contributed by atoms with Crippen LogP contribution in [0.5, 0.6) is 5.75 Å². The van der Waals surface area contributed by atoms with Gasteiger partial charge in [-0.05, 0) is 32.8 Å². The Bertz CT molecular complexity index is 372. The molecule has 1 unspecified atom stereocenters. The summed E-state index contributed by atoms with van der Waals surface area (Å²) in [7, 11) is 0. The molecule has 1 fully saturated rings. The van der Waals surface area contributed by atoms with Gasteiger partial charge in [-0.3, -0.25) is 0 Å². The average molecular weight is 220 g/mol. The molecular formula is C13H20N2O. The Labute approximate surface area is 96.9 Å². The second-order valence-corrected chi connectivity index (χ2v) is 4.55. The zero-order valence-corrected chi connectivity index (χ0v) is 9.98. The van der Waals surface area contributed by atoms with Crippen LogP contribution >= 0.6 is 0 Å². The van der Waals surface area contributed by atoms with Crippen molar-refractivity contribution >= 4 is 5.69 Å². The van der Waals surface area contributed by atoms with Crippen LogP contribution < -0.4 is 10.6 Å². The maximum atomic E-state index is 9.90. The maximum Gasteiger partial charge on any atom is 0.122 e. The minimum Gasteiger partial charge on any atom is -0.508 e. The third-order valence-corrected chi connectivity index (χ3v) is 3.16. The Morgan fingerprint density at radius 2 is 2.19 bits per heavy atom. The Morgan fingerprint density at radius 3 is 2.62 bits per heavy atom. The molecule has 0 aliphatic heterocycles. The van der Waals surface area contributed by atoms with Gasteiger partial charge in [0.1, 0.15) is 5.75 Å². The number of hydrogen-bond donors (Lipinski definition) is 2. The minimum atomic E-state index is -0.120. The fraction of sp³-hybridized carbons (Fsp3) is 0.538. The molecule has 0 saturated heterocycles. The van der Waals surface area contributed by atoms with E-state index in [1.807, 2.05) is 19.1 Å². The lowest BCUT2D eigenvalue weighted by molar-refractivity contribution is 0.463. The first-order valence-corrected chi connectivity index (χ1v) is 5.98. The molecule has 2 rings (SSSR count). The molecule has 0 heterocycles. The van der Waals surface area contributed by atoms with Crippen molar-refractivity contribution in [1.29, 1.82) is 0 Å². The van der Waals surface area contributed by atoms with Crippen LogP contribution in [0.4, 0.5) is 5.69 Å². The van der Waals surface area contributed by atoms with Crippen molar-refractivity contribution in [2.45, 2.75) is 38.8 Å². The van der Waals surface area contributed by atoms with E-state index in [-0.39, 0.29) is 6.04 Å². The quantitative estimate of drug-likeness (QED) is 0.819. The lowest BCUT2D eigenvalue weighted by atomic mass is 10.1. The van der Waals surface area contributed by atoms with E-state index in [1.54, 1.807) is 0 Å². The number of benzene rings is 1. The Balaban J connectivity index is 2.25.